The molecule has 2 aliphatic heterocycles. The highest BCUT2D eigenvalue weighted by molar-refractivity contribution is 7.88. The van der Waals surface area contributed by atoms with Crippen LogP contribution in [0.3, 0.4) is 0 Å². The average molecular weight is 607 g/mol. The smallest absolute Gasteiger partial charge is 0.453 e. The van der Waals surface area contributed by atoms with Crippen LogP contribution in [0.25, 0.3) is 0 Å². The first-order chi connectivity index (χ1) is 20.3. The maximum atomic E-state index is 12.6. The molecule has 0 fully saturated rings. The van der Waals surface area contributed by atoms with Crippen LogP contribution in [0.4, 0.5) is 0 Å². The van der Waals surface area contributed by atoms with E-state index in [0.29, 0.717) is 25.3 Å². The molecule has 11 nitrogen and oxygen atoms in total. The number of aliphatic hydroxyl groups is 1. The fourth-order valence-corrected chi connectivity index (χ4v) is 5.74. The summed E-state index contributed by atoms with van der Waals surface area (Å²) in [4.78, 5) is 25.2. The van der Waals surface area contributed by atoms with Gasteiger partial charge in [0.1, 0.15) is 25.1 Å². The molecule has 2 aromatic rings. The van der Waals surface area contributed by atoms with E-state index in [0.717, 1.165) is 35.5 Å². The zero-order valence-electron chi connectivity index (χ0n) is 24.5. The highest BCUT2D eigenvalue weighted by Gasteiger charge is 2.59. The number of carbonyl (C=O) groups excluding carboxylic acids is 2. The Bertz CT molecular complexity index is 1210. The van der Waals surface area contributed by atoms with Crippen LogP contribution < -0.4 is 23.7 Å². The fraction of sp³-hybridized carbons (Fsp3) is 0.533. The van der Waals surface area contributed by atoms with Gasteiger partial charge in [0.15, 0.2) is 23.0 Å². The molecular weight excluding hydrogens is 566 g/mol. The molecule has 0 amide bonds. The monoisotopic (exact) mass is 606 g/mol. The number of nitrogens with one attached hydrogen (secondary N) is 1. The lowest BCUT2D eigenvalue weighted by Gasteiger charge is -2.22. The van der Waals surface area contributed by atoms with Crippen LogP contribution >= 0.6 is 0 Å². The number of esters is 2. The lowest BCUT2D eigenvalue weighted by Crippen LogP contribution is -2.55. The van der Waals surface area contributed by atoms with Crippen molar-refractivity contribution in [2.75, 3.05) is 32.1 Å². The van der Waals surface area contributed by atoms with Crippen LogP contribution in [0.1, 0.15) is 51.7 Å². The van der Waals surface area contributed by atoms with Gasteiger partial charge in [-0.25, -0.2) is 13.8 Å². The molecule has 2 aromatic carbocycles. The van der Waals surface area contributed by atoms with Crippen molar-refractivity contribution in [1.29, 1.82) is 0 Å². The first kappa shape index (κ1) is 31.7. The molecule has 0 saturated heterocycles. The Kier molecular flexibility index (Phi) is 11.2. The second kappa shape index (κ2) is 14.8. The first-order valence-electron chi connectivity index (χ1n) is 14.3. The third-order valence-electron chi connectivity index (χ3n) is 6.52. The Morgan fingerprint density at radius 1 is 1.02 bits per heavy atom. The number of carbonyl (C=O) groups is 2. The molecule has 2 heterocycles. The van der Waals surface area contributed by atoms with E-state index in [9.17, 15) is 14.7 Å². The van der Waals surface area contributed by atoms with Crippen molar-refractivity contribution < 1.29 is 46.7 Å². The number of benzene rings is 2. The minimum Gasteiger partial charge on any atom is -0.491 e. The van der Waals surface area contributed by atoms with Crippen molar-refractivity contribution in [2.24, 2.45) is 0 Å². The summed E-state index contributed by atoms with van der Waals surface area (Å²) in [5.41, 5.74) is 1.81. The molecule has 2 aliphatic rings. The van der Waals surface area contributed by atoms with Crippen LogP contribution in [-0.2, 0) is 47.7 Å². The zero-order valence-corrected chi connectivity index (χ0v) is 25.3. The molecule has 4 rings (SSSR count). The molecule has 1 unspecified atom stereocenters. The zero-order chi connectivity index (χ0) is 30.1. The van der Waals surface area contributed by atoms with Crippen LogP contribution in [-0.4, -0.2) is 67.1 Å². The van der Waals surface area contributed by atoms with E-state index in [1.807, 2.05) is 31.2 Å². The molecule has 2 N–H and O–H groups in total. The predicted octanol–water partition coefficient (Wildman–Crippen LogP) is 3.40. The number of ether oxygens (including phenoxy) is 5. The Hall–Kier alpha value is -3.19. The van der Waals surface area contributed by atoms with E-state index in [4.69, 9.17) is 32.1 Å². The molecule has 0 radical (unpaired) electrons. The largest absolute Gasteiger partial charge is 0.491 e. The highest BCUT2D eigenvalue weighted by atomic mass is 32.2. The van der Waals surface area contributed by atoms with E-state index in [1.54, 1.807) is 26.0 Å². The fourth-order valence-electron chi connectivity index (χ4n) is 4.35. The quantitative estimate of drug-likeness (QED) is 0.176. The second-order valence-corrected chi connectivity index (χ2v) is 11.4. The van der Waals surface area contributed by atoms with Gasteiger partial charge in [-0.2, -0.15) is 0 Å². The molecule has 3 atom stereocenters. The third kappa shape index (κ3) is 7.80. The molecule has 42 heavy (non-hydrogen) atoms. The third-order valence-corrected chi connectivity index (χ3v) is 7.88. The summed E-state index contributed by atoms with van der Waals surface area (Å²) in [6.07, 6.45) is 2.01. The summed E-state index contributed by atoms with van der Waals surface area (Å²) in [6.45, 7) is 8.38. The molecular formula is C30H40NO10S+. The Morgan fingerprint density at radius 3 is 2.45 bits per heavy atom. The van der Waals surface area contributed by atoms with Gasteiger partial charge in [0, 0.05) is 18.2 Å². The van der Waals surface area contributed by atoms with Crippen molar-refractivity contribution in [3.8, 4) is 23.0 Å². The minimum atomic E-state index is -2.32. The maximum absolute atomic E-state index is 12.6. The average Bonchev–Trinajstić information content (AvgIpc) is 3.38. The lowest BCUT2D eigenvalue weighted by atomic mass is 10.1. The number of fused-ring (bicyclic) bond motifs is 2. The van der Waals surface area contributed by atoms with Crippen molar-refractivity contribution in [2.45, 2.75) is 71.5 Å². The van der Waals surface area contributed by atoms with E-state index < -0.39 is 35.3 Å². The standard InChI is InChI=1S/C30H40NO10S/c1-5-8-13-42-38-18-22-16-24(10-12-25(22)41-42)37-19-23(32)17-31-20(4)14-21-9-11-26-27(15-21)40-30(39-26,28(33)35-6-2)29(34)36-7-3/h9-12,15-16,20,23,31-32H,5-8,13-14,17-19H2,1-4H3/q+1/t20-,23+,42?/m1/s1. The van der Waals surface area contributed by atoms with Gasteiger partial charge in [-0.05, 0) is 69.5 Å². The van der Waals surface area contributed by atoms with Crippen LogP contribution in [0.2, 0.25) is 0 Å². The number of hydrogen-bond acceptors (Lipinski definition) is 11. The van der Waals surface area contributed by atoms with E-state index in [1.165, 1.54) is 0 Å². The lowest BCUT2D eigenvalue weighted by molar-refractivity contribution is -0.202. The van der Waals surface area contributed by atoms with Crippen molar-refractivity contribution in [3.63, 3.8) is 0 Å². The maximum Gasteiger partial charge on any atom is 0.453 e. The summed E-state index contributed by atoms with van der Waals surface area (Å²) in [6, 6.07) is 10.8. The van der Waals surface area contributed by atoms with Gasteiger partial charge in [-0.1, -0.05) is 19.4 Å². The van der Waals surface area contributed by atoms with Gasteiger partial charge in [0.25, 0.3) is 0 Å². The Labute approximate surface area is 249 Å². The van der Waals surface area contributed by atoms with E-state index in [2.05, 4.69) is 12.2 Å². The molecule has 0 spiro atoms. The molecule has 0 aliphatic carbocycles. The van der Waals surface area contributed by atoms with Gasteiger partial charge in [0.2, 0.25) is 0 Å². The van der Waals surface area contributed by atoms with Crippen LogP contribution in [0.15, 0.2) is 36.4 Å². The minimum absolute atomic E-state index is 0.0144. The summed E-state index contributed by atoms with van der Waals surface area (Å²) >= 11 is -0.495. The summed E-state index contributed by atoms with van der Waals surface area (Å²) in [5, 5.41) is 13.8. The summed E-state index contributed by atoms with van der Waals surface area (Å²) in [5.74, 6) is -1.42. The van der Waals surface area contributed by atoms with Crippen molar-refractivity contribution in [3.05, 3.63) is 47.5 Å². The molecule has 12 heteroatoms. The molecule has 0 saturated carbocycles. The van der Waals surface area contributed by atoms with E-state index in [-0.39, 0.29) is 37.4 Å². The molecule has 0 bridgehead atoms. The Morgan fingerprint density at radius 2 is 1.74 bits per heavy atom. The molecule has 0 aromatic heterocycles. The molecule has 230 valence electrons. The van der Waals surface area contributed by atoms with Crippen LogP contribution in [0.5, 0.6) is 23.0 Å². The Balaban J connectivity index is 1.25. The van der Waals surface area contributed by atoms with Gasteiger partial charge >= 0.3 is 29.2 Å². The normalized spacial score (nSPS) is 17.9. The van der Waals surface area contributed by atoms with Gasteiger partial charge < -0.3 is 34.1 Å². The number of rotatable bonds is 15. The predicted molar refractivity (Wildman–Crippen MR) is 155 cm³/mol. The summed E-state index contributed by atoms with van der Waals surface area (Å²) < 4.78 is 38.9. The highest BCUT2D eigenvalue weighted by Crippen LogP contribution is 2.41. The van der Waals surface area contributed by atoms with Crippen molar-refractivity contribution in [1.82, 2.24) is 5.32 Å². The number of unbranched alkanes of at least 4 members (excludes halogenated alkanes) is 1. The SMILES string of the molecule is CCCC[S+]1OCc2cc(OC[C@@H](O)CN[C@H](C)Cc3ccc4c(c3)OC(C(=O)OCC)(C(=O)OCC)O4)ccc2O1. The van der Waals surface area contributed by atoms with Gasteiger partial charge in [0.05, 0.1) is 13.2 Å². The van der Waals surface area contributed by atoms with Crippen molar-refractivity contribution >= 4 is 23.4 Å². The van der Waals surface area contributed by atoms with Gasteiger partial charge in [-0.3, -0.25) is 0 Å². The number of hydrogen-bond donors (Lipinski definition) is 2. The number of aliphatic hydroxyl groups excluding tert-OH is 1. The van der Waals surface area contributed by atoms with E-state index >= 15 is 0 Å². The second-order valence-electron chi connectivity index (χ2n) is 10.00. The van der Waals surface area contributed by atoms with Gasteiger partial charge in [-0.15, -0.1) is 4.18 Å². The topological polar surface area (TPSA) is 131 Å². The first-order valence-corrected chi connectivity index (χ1v) is 15.6. The summed E-state index contributed by atoms with van der Waals surface area (Å²) in [7, 11) is 0. The van der Waals surface area contributed by atoms with Crippen LogP contribution in [0, 0.1) is 0 Å².